The largest absolute Gasteiger partial charge is 0.462 e. The lowest BCUT2D eigenvalue weighted by atomic mass is 10.1. The van der Waals surface area contributed by atoms with Gasteiger partial charge in [0.25, 0.3) is 0 Å². The van der Waals surface area contributed by atoms with Gasteiger partial charge in [-0.25, -0.2) is 0 Å². The van der Waals surface area contributed by atoms with E-state index in [9.17, 15) is 4.79 Å². The number of rotatable bonds is 4. The van der Waals surface area contributed by atoms with Crippen molar-refractivity contribution in [1.29, 1.82) is 0 Å². The molecular weight excluding hydrogens is 172 g/mol. The summed E-state index contributed by atoms with van der Waals surface area (Å²) in [4.78, 5) is 11.2. The second-order valence-electron chi connectivity index (χ2n) is 3.63. The van der Waals surface area contributed by atoms with E-state index in [1.807, 2.05) is 13.8 Å². The van der Waals surface area contributed by atoms with E-state index in [0.29, 0.717) is 5.92 Å². The third-order valence-electron chi connectivity index (χ3n) is 1.32. The van der Waals surface area contributed by atoms with Crippen LogP contribution >= 0.6 is 12.6 Å². The molecule has 1 atom stereocenters. The van der Waals surface area contributed by atoms with Crippen LogP contribution in [0.3, 0.4) is 0 Å². The average Bonchev–Trinajstić information content (AvgIpc) is 1.84. The van der Waals surface area contributed by atoms with Gasteiger partial charge in [-0.2, -0.15) is 12.6 Å². The molecule has 3 heteroatoms. The first-order valence-corrected chi connectivity index (χ1v) is 4.83. The highest BCUT2D eigenvalue weighted by atomic mass is 32.1. The zero-order valence-electron chi connectivity index (χ0n) is 8.20. The second kappa shape index (κ2) is 5.46. The van der Waals surface area contributed by atoms with Gasteiger partial charge in [0, 0.05) is 0 Å². The first-order valence-electron chi connectivity index (χ1n) is 4.32. The maximum atomic E-state index is 11.2. The summed E-state index contributed by atoms with van der Waals surface area (Å²) in [5.74, 6) is 0.272. The first-order chi connectivity index (χ1) is 5.43. The molecule has 1 unspecified atom stereocenters. The molecule has 12 heavy (non-hydrogen) atoms. The van der Waals surface area contributed by atoms with Crippen molar-refractivity contribution in [3.8, 4) is 0 Å². The average molecular weight is 190 g/mol. The molecule has 0 amide bonds. The Morgan fingerprint density at radius 1 is 1.33 bits per heavy atom. The predicted molar refractivity (Wildman–Crippen MR) is 53.5 cm³/mol. The van der Waals surface area contributed by atoms with Gasteiger partial charge in [-0.3, -0.25) is 4.79 Å². The topological polar surface area (TPSA) is 26.3 Å². The van der Waals surface area contributed by atoms with Crippen LogP contribution in [-0.4, -0.2) is 17.3 Å². The Kier molecular flexibility index (Phi) is 5.38. The monoisotopic (exact) mass is 190 g/mol. The van der Waals surface area contributed by atoms with E-state index in [-0.39, 0.29) is 17.3 Å². The predicted octanol–water partition coefficient (Wildman–Crippen LogP) is 2.28. The minimum atomic E-state index is -0.271. The summed E-state index contributed by atoms with van der Waals surface area (Å²) in [6, 6.07) is 0. The van der Waals surface area contributed by atoms with Gasteiger partial charge < -0.3 is 4.74 Å². The molecule has 0 rings (SSSR count). The highest BCUT2D eigenvalue weighted by Gasteiger charge is 2.17. The van der Waals surface area contributed by atoms with Crippen LogP contribution in [0.15, 0.2) is 0 Å². The third kappa shape index (κ3) is 5.47. The number of ether oxygens (including phenoxy) is 1. The molecule has 2 nitrogen and oxygen atoms in total. The van der Waals surface area contributed by atoms with Crippen molar-refractivity contribution in [3.63, 3.8) is 0 Å². The molecule has 0 aliphatic carbocycles. The number of esters is 1. The molecule has 0 N–H and O–H groups in total. The fourth-order valence-corrected chi connectivity index (χ4v) is 1.34. The van der Waals surface area contributed by atoms with Crippen molar-refractivity contribution in [2.75, 3.05) is 0 Å². The van der Waals surface area contributed by atoms with Gasteiger partial charge in [-0.15, -0.1) is 0 Å². The Morgan fingerprint density at radius 2 is 1.83 bits per heavy atom. The molecule has 0 saturated heterocycles. The van der Waals surface area contributed by atoms with Crippen LogP contribution in [0.4, 0.5) is 0 Å². The van der Waals surface area contributed by atoms with Crippen LogP contribution in [-0.2, 0) is 9.53 Å². The van der Waals surface area contributed by atoms with Crippen molar-refractivity contribution < 1.29 is 9.53 Å². The lowest BCUT2D eigenvalue weighted by molar-refractivity contribution is -0.146. The normalized spacial score (nSPS) is 13.6. The number of carbonyl (C=O) groups excluding carboxylic acids is 1. The molecule has 0 spiro atoms. The Bertz CT molecular complexity index is 143. The molecule has 0 heterocycles. The molecule has 0 saturated carbocycles. The van der Waals surface area contributed by atoms with Crippen molar-refractivity contribution in [2.24, 2.45) is 5.92 Å². The van der Waals surface area contributed by atoms with Crippen molar-refractivity contribution >= 4 is 18.6 Å². The van der Waals surface area contributed by atoms with Gasteiger partial charge in [-0.1, -0.05) is 13.8 Å². The maximum Gasteiger partial charge on any atom is 0.319 e. The van der Waals surface area contributed by atoms with Crippen molar-refractivity contribution in [3.05, 3.63) is 0 Å². The van der Waals surface area contributed by atoms with Crippen LogP contribution in [0, 0.1) is 5.92 Å². The highest BCUT2D eigenvalue weighted by molar-refractivity contribution is 7.81. The van der Waals surface area contributed by atoms with Crippen LogP contribution in [0.2, 0.25) is 0 Å². The minimum Gasteiger partial charge on any atom is -0.462 e. The molecule has 0 aromatic rings. The molecule has 72 valence electrons. The minimum absolute atomic E-state index is 0.0423. The zero-order chi connectivity index (χ0) is 9.72. The van der Waals surface area contributed by atoms with E-state index in [1.165, 1.54) is 0 Å². The standard InChI is InChI=1S/C9H18O2S/c1-6(2)5-8(12)9(10)11-7(3)4/h6-8,12H,5H2,1-4H3. The zero-order valence-corrected chi connectivity index (χ0v) is 9.10. The van der Waals surface area contributed by atoms with Gasteiger partial charge in [-0.05, 0) is 26.2 Å². The Labute approximate surface area is 80.1 Å². The summed E-state index contributed by atoms with van der Waals surface area (Å²) >= 11 is 4.16. The summed E-state index contributed by atoms with van der Waals surface area (Å²) in [6.45, 7) is 7.80. The maximum absolute atomic E-state index is 11.2. The van der Waals surface area contributed by atoms with Gasteiger partial charge in [0.15, 0.2) is 0 Å². The SMILES string of the molecule is CC(C)CC(S)C(=O)OC(C)C. The van der Waals surface area contributed by atoms with E-state index in [1.54, 1.807) is 0 Å². The van der Waals surface area contributed by atoms with Crippen LogP contribution in [0.1, 0.15) is 34.1 Å². The molecule has 0 aromatic carbocycles. The van der Waals surface area contributed by atoms with E-state index in [4.69, 9.17) is 4.74 Å². The van der Waals surface area contributed by atoms with Gasteiger partial charge in [0.05, 0.1) is 11.4 Å². The fourth-order valence-electron chi connectivity index (χ4n) is 0.854. The van der Waals surface area contributed by atoms with Gasteiger partial charge in [0.2, 0.25) is 0 Å². The van der Waals surface area contributed by atoms with Crippen LogP contribution in [0.5, 0.6) is 0 Å². The lowest BCUT2D eigenvalue weighted by Crippen LogP contribution is -2.22. The highest BCUT2D eigenvalue weighted by Crippen LogP contribution is 2.12. The van der Waals surface area contributed by atoms with Gasteiger partial charge in [0.1, 0.15) is 0 Å². The van der Waals surface area contributed by atoms with Crippen molar-refractivity contribution in [2.45, 2.75) is 45.5 Å². The van der Waals surface area contributed by atoms with E-state index in [2.05, 4.69) is 26.5 Å². The summed E-state index contributed by atoms with van der Waals surface area (Å²) in [6.07, 6.45) is 0.730. The smallest absolute Gasteiger partial charge is 0.319 e. The molecule has 0 aliphatic heterocycles. The summed E-state index contributed by atoms with van der Waals surface area (Å²) in [7, 11) is 0. The van der Waals surface area contributed by atoms with Crippen LogP contribution < -0.4 is 0 Å². The Hall–Kier alpha value is -0.180. The number of hydrogen-bond acceptors (Lipinski definition) is 3. The summed E-state index contributed by atoms with van der Waals surface area (Å²) in [5, 5.41) is -0.271. The molecule has 0 fully saturated rings. The molecule has 0 radical (unpaired) electrons. The third-order valence-corrected chi connectivity index (χ3v) is 1.74. The van der Waals surface area contributed by atoms with E-state index in [0.717, 1.165) is 6.42 Å². The molecule has 0 bridgehead atoms. The van der Waals surface area contributed by atoms with E-state index < -0.39 is 0 Å². The number of carbonyl (C=O) groups is 1. The molecular formula is C9H18O2S. The van der Waals surface area contributed by atoms with Crippen LogP contribution in [0.25, 0.3) is 0 Å². The van der Waals surface area contributed by atoms with Gasteiger partial charge >= 0.3 is 5.97 Å². The lowest BCUT2D eigenvalue weighted by Gasteiger charge is -2.14. The quantitative estimate of drug-likeness (QED) is 0.544. The van der Waals surface area contributed by atoms with Crippen molar-refractivity contribution in [1.82, 2.24) is 0 Å². The second-order valence-corrected chi connectivity index (χ2v) is 4.25. The number of hydrogen-bond donors (Lipinski definition) is 1. The molecule has 0 aliphatic rings. The summed E-state index contributed by atoms with van der Waals surface area (Å²) in [5.41, 5.74) is 0. The Balaban J connectivity index is 3.77. The van der Waals surface area contributed by atoms with E-state index >= 15 is 0 Å². The number of thiol groups is 1. The fraction of sp³-hybridized carbons (Fsp3) is 0.889. The summed E-state index contributed by atoms with van der Waals surface area (Å²) < 4.78 is 5.00. The molecule has 0 aromatic heterocycles. The first kappa shape index (κ1) is 11.8. The Morgan fingerprint density at radius 3 is 2.17 bits per heavy atom.